The average Bonchev–Trinajstić information content (AvgIpc) is 1.06. The molecule has 20 aromatic rings. The lowest BCUT2D eigenvalue weighted by molar-refractivity contribution is 0.669. The first-order valence-electron chi connectivity index (χ1n) is 32.4. The summed E-state index contributed by atoms with van der Waals surface area (Å²) in [5.41, 5.74) is 20.2. The largest absolute Gasteiger partial charge is 0.456 e. The fourth-order valence-corrected chi connectivity index (χ4v) is 15.8. The van der Waals surface area contributed by atoms with Gasteiger partial charge in [0.25, 0.3) is 0 Å². The summed E-state index contributed by atoms with van der Waals surface area (Å²) in [7, 11) is 0. The van der Waals surface area contributed by atoms with Crippen LogP contribution in [-0.2, 0) is 0 Å². The van der Waals surface area contributed by atoms with E-state index in [2.05, 4.69) is 328 Å². The van der Waals surface area contributed by atoms with Gasteiger partial charge in [-0.15, -0.1) is 0 Å². The molecule has 0 atom stereocenters. The Labute approximate surface area is 541 Å². The van der Waals surface area contributed by atoms with Crippen LogP contribution in [0.15, 0.2) is 336 Å². The second kappa shape index (κ2) is 20.6. The highest BCUT2D eigenvalue weighted by atomic mass is 16.3. The van der Waals surface area contributed by atoms with Crippen molar-refractivity contribution in [2.24, 2.45) is 0 Å². The van der Waals surface area contributed by atoms with Crippen LogP contribution in [0, 0.1) is 0 Å². The third-order valence-electron chi connectivity index (χ3n) is 20.1. The molecule has 0 saturated heterocycles. The maximum Gasteiger partial charge on any atom is 0.136 e. The molecule has 0 N–H and O–H groups in total. The summed E-state index contributed by atoms with van der Waals surface area (Å²) in [5.74, 6) is 0. The summed E-state index contributed by atoms with van der Waals surface area (Å²) in [6.45, 7) is 0. The van der Waals surface area contributed by atoms with Gasteiger partial charge in [-0.1, -0.05) is 255 Å². The first kappa shape index (κ1) is 52.4. The van der Waals surface area contributed by atoms with Crippen LogP contribution in [0.4, 0.5) is 0 Å². The van der Waals surface area contributed by atoms with E-state index in [9.17, 15) is 0 Å². The lowest BCUT2D eigenvalue weighted by Crippen LogP contribution is -1.92. The van der Waals surface area contributed by atoms with Crippen molar-refractivity contribution in [2.75, 3.05) is 0 Å². The minimum atomic E-state index is 0.868. The van der Waals surface area contributed by atoms with Crippen molar-refractivity contribution in [1.29, 1.82) is 0 Å². The summed E-state index contributed by atoms with van der Waals surface area (Å²) in [6, 6.07) is 121. The van der Waals surface area contributed by atoms with Gasteiger partial charge in [0, 0.05) is 21.5 Å². The van der Waals surface area contributed by atoms with Crippen molar-refractivity contribution >= 4 is 130 Å². The molecule has 2 nitrogen and oxygen atoms in total. The molecule has 0 aliphatic heterocycles. The van der Waals surface area contributed by atoms with Crippen LogP contribution < -0.4 is 0 Å². The summed E-state index contributed by atoms with van der Waals surface area (Å²) in [6.07, 6.45) is 0. The topological polar surface area (TPSA) is 26.3 Å². The standard InChI is InChI=1S/C92H54O2/c1-2-18-58-45-61(40-37-55(58)17-1)56-35-38-57(39-36-56)89-71-26-7-9-28-73(71)91(74-29-10-8-27-72(74)89)67-42-44-86-82(51-67)84-49-64-23-16-34-70(80(64)54-88(84)94-86)68-47-62-21-5-6-25-69(62)79(52-68)63-22-15-24-65(46-63)90-75-30-11-13-32-77(75)92(78-33-14-12-31-76(78)90)66-41-43-85-81(50-66)83-48-59-19-3-4-20-60(59)53-87(83)93-85/h1-54H. The molecule has 0 radical (unpaired) electrons. The molecule has 2 heterocycles. The molecule has 2 heteroatoms. The second-order valence-electron chi connectivity index (χ2n) is 25.3. The monoisotopic (exact) mass is 1190 g/mol. The number of benzene rings is 18. The van der Waals surface area contributed by atoms with Crippen LogP contribution in [0.5, 0.6) is 0 Å². The molecule has 0 spiro atoms. The normalized spacial score (nSPS) is 12.0. The first-order chi connectivity index (χ1) is 46.6. The number of fused-ring (bicyclic) bond motifs is 14. The molecule has 434 valence electrons. The van der Waals surface area contributed by atoms with E-state index in [1.54, 1.807) is 0 Å². The van der Waals surface area contributed by atoms with E-state index in [1.807, 2.05) is 0 Å². The van der Waals surface area contributed by atoms with Crippen LogP contribution in [0.2, 0.25) is 0 Å². The Bertz CT molecular complexity index is 6480. The highest BCUT2D eigenvalue weighted by Gasteiger charge is 2.22. The lowest BCUT2D eigenvalue weighted by atomic mass is 9.84. The Morgan fingerprint density at radius 2 is 0.511 bits per heavy atom. The maximum atomic E-state index is 6.91. The Kier molecular flexibility index (Phi) is 11.5. The van der Waals surface area contributed by atoms with E-state index in [1.165, 1.54) is 131 Å². The molecule has 2 aromatic heterocycles. The molecule has 0 fully saturated rings. The average molecular weight is 1190 g/mol. The van der Waals surface area contributed by atoms with E-state index in [4.69, 9.17) is 8.83 Å². The van der Waals surface area contributed by atoms with Gasteiger partial charge in [-0.05, 0) is 237 Å². The van der Waals surface area contributed by atoms with Crippen molar-refractivity contribution in [3.8, 4) is 77.9 Å². The van der Waals surface area contributed by atoms with Gasteiger partial charge in [-0.2, -0.15) is 0 Å². The minimum absolute atomic E-state index is 0.868. The van der Waals surface area contributed by atoms with Crippen LogP contribution in [0.3, 0.4) is 0 Å². The molecule has 20 rings (SSSR count). The molecule has 0 aliphatic carbocycles. The Hall–Kier alpha value is -12.4. The smallest absolute Gasteiger partial charge is 0.136 e. The van der Waals surface area contributed by atoms with Crippen LogP contribution in [-0.4, -0.2) is 0 Å². The van der Waals surface area contributed by atoms with E-state index in [0.29, 0.717) is 0 Å². The van der Waals surface area contributed by atoms with Crippen LogP contribution in [0.1, 0.15) is 0 Å². The third-order valence-corrected chi connectivity index (χ3v) is 20.1. The van der Waals surface area contributed by atoms with Gasteiger partial charge >= 0.3 is 0 Å². The fourth-order valence-electron chi connectivity index (χ4n) is 15.8. The molecule has 18 aromatic carbocycles. The fraction of sp³-hybridized carbons (Fsp3) is 0. The molecule has 0 saturated carbocycles. The van der Waals surface area contributed by atoms with Gasteiger partial charge in [-0.3, -0.25) is 0 Å². The van der Waals surface area contributed by atoms with Gasteiger partial charge in [0.05, 0.1) is 0 Å². The van der Waals surface area contributed by atoms with Gasteiger partial charge in [0.1, 0.15) is 22.3 Å². The van der Waals surface area contributed by atoms with Crippen LogP contribution in [0.25, 0.3) is 208 Å². The SMILES string of the molecule is c1cc(-c2cc(-c3cccc4cc5c(cc34)oc3ccc(-c4c6ccccc6c(-c6ccc(-c7ccc8ccccc8c7)cc6)c6ccccc46)cc35)cc3ccccc23)cc(-c2c3ccccc3c(-c3ccc4oc5cc6ccccc6cc5c4c3)c3ccccc23)c1. The first-order valence-corrected chi connectivity index (χ1v) is 32.4. The summed E-state index contributed by atoms with van der Waals surface area (Å²) in [5, 5.41) is 23.8. The number of furan rings is 2. The van der Waals surface area contributed by atoms with Crippen molar-refractivity contribution in [3.05, 3.63) is 328 Å². The van der Waals surface area contributed by atoms with Crippen molar-refractivity contribution in [2.45, 2.75) is 0 Å². The van der Waals surface area contributed by atoms with Crippen LogP contribution >= 0.6 is 0 Å². The third kappa shape index (κ3) is 8.16. The highest BCUT2D eigenvalue weighted by Crippen LogP contribution is 2.49. The van der Waals surface area contributed by atoms with E-state index >= 15 is 0 Å². The molecule has 0 bridgehead atoms. The maximum absolute atomic E-state index is 6.91. The number of rotatable bonds is 7. The van der Waals surface area contributed by atoms with Gasteiger partial charge in [0.15, 0.2) is 0 Å². The van der Waals surface area contributed by atoms with Crippen molar-refractivity contribution in [3.63, 3.8) is 0 Å². The minimum Gasteiger partial charge on any atom is -0.456 e. The number of hydrogen-bond acceptors (Lipinski definition) is 2. The molecule has 0 aliphatic rings. The predicted octanol–water partition coefficient (Wildman–Crippen LogP) is 26.4. The lowest BCUT2D eigenvalue weighted by Gasteiger charge is -2.19. The predicted molar refractivity (Wildman–Crippen MR) is 399 cm³/mol. The zero-order chi connectivity index (χ0) is 61.5. The molecule has 94 heavy (non-hydrogen) atoms. The van der Waals surface area contributed by atoms with Gasteiger partial charge in [0.2, 0.25) is 0 Å². The van der Waals surface area contributed by atoms with Crippen molar-refractivity contribution in [1.82, 2.24) is 0 Å². The quantitative estimate of drug-likeness (QED) is 0.149. The Morgan fingerprint density at radius 3 is 1.09 bits per heavy atom. The van der Waals surface area contributed by atoms with E-state index in [-0.39, 0.29) is 0 Å². The molecule has 0 unspecified atom stereocenters. The summed E-state index contributed by atoms with van der Waals surface area (Å²) >= 11 is 0. The summed E-state index contributed by atoms with van der Waals surface area (Å²) in [4.78, 5) is 0. The summed E-state index contributed by atoms with van der Waals surface area (Å²) < 4.78 is 13.4. The second-order valence-corrected chi connectivity index (χ2v) is 25.3. The number of hydrogen-bond donors (Lipinski definition) is 0. The zero-order valence-electron chi connectivity index (χ0n) is 51.0. The van der Waals surface area contributed by atoms with E-state index in [0.717, 1.165) is 76.9 Å². The van der Waals surface area contributed by atoms with E-state index < -0.39 is 0 Å². The Balaban J connectivity index is 0.686. The molecular formula is C92H54O2. The highest BCUT2D eigenvalue weighted by molar-refractivity contribution is 6.25. The molecular weight excluding hydrogens is 1140 g/mol. The zero-order valence-corrected chi connectivity index (χ0v) is 51.0. The van der Waals surface area contributed by atoms with Gasteiger partial charge in [-0.25, -0.2) is 0 Å². The van der Waals surface area contributed by atoms with Gasteiger partial charge < -0.3 is 8.83 Å². The molecule has 0 amide bonds. The Morgan fingerprint density at radius 1 is 0.138 bits per heavy atom. The van der Waals surface area contributed by atoms with Crippen molar-refractivity contribution < 1.29 is 8.83 Å².